The smallest absolute Gasteiger partial charge is 0.143 e. The number of hydrogen-bond donors (Lipinski definition) is 2. The molecule has 0 radical (unpaired) electrons. The van der Waals surface area contributed by atoms with Crippen molar-refractivity contribution in [2.24, 2.45) is 11.8 Å². The van der Waals surface area contributed by atoms with Gasteiger partial charge in [-0.25, -0.2) is 10.8 Å². The van der Waals surface area contributed by atoms with Crippen LogP contribution in [0, 0.1) is 5.92 Å². The maximum atomic E-state index is 5.70. The van der Waals surface area contributed by atoms with Crippen molar-refractivity contribution >= 4 is 5.82 Å². The van der Waals surface area contributed by atoms with Gasteiger partial charge in [0, 0.05) is 12.3 Å². The van der Waals surface area contributed by atoms with E-state index in [1.165, 1.54) is 25.7 Å². The summed E-state index contributed by atoms with van der Waals surface area (Å²) >= 11 is 0. The van der Waals surface area contributed by atoms with E-state index in [0.717, 1.165) is 18.3 Å². The number of anilines is 1. The predicted molar refractivity (Wildman–Crippen MR) is 59.5 cm³/mol. The highest BCUT2D eigenvalue weighted by molar-refractivity contribution is 5.39. The highest BCUT2D eigenvalue weighted by Crippen LogP contribution is 2.25. The molecule has 0 spiro atoms. The third kappa shape index (κ3) is 2.83. The van der Waals surface area contributed by atoms with E-state index in [2.05, 4.69) is 10.4 Å². The highest BCUT2D eigenvalue weighted by atomic mass is 16.5. The maximum absolute atomic E-state index is 5.70. The second-order valence-corrected chi connectivity index (χ2v) is 3.98. The molecule has 0 atom stereocenters. The number of rotatable bonds is 4. The molecule has 0 unspecified atom stereocenters. The number of hydrazine groups is 1. The molecule has 1 aliphatic carbocycles. The number of ether oxygens (including phenoxy) is 1. The minimum atomic E-state index is 0.638. The van der Waals surface area contributed by atoms with Crippen LogP contribution in [-0.2, 0) is 0 Å². The van der Waals surface area contributed by atoms with E-state index in [0.29, 0.717) is 5.82 Å². The maximum Gasteiger partial charge on any atom is 0.143 e. The Hall–Kier alpha value is -1.29. The van der Waals surface area contributed by atoms with Gasteiger partial charge in [0.05, 0.1) is 6.61 Å². The molecule has 0 bridgehead atoms. The third-order valence-electron chi connectivity index (χ3n) is 2.84. The van der Waals surface area contributed by atoms with Gasteiger partial charge in [-0.1, -0.05) is 12.8 Å². The number of nitrogen functional groups attached to an aromatic ring is 1. The Morgan fingerprint density at radius 3 is 3.00 bits per heavy atom. The van der Waals surface area contributed by atoms with Crippen molar-refractivity contribution < 1.29 is 4.74 Å². The van der Waals surface area contributed by atoms with Gasteiger partial charge in [-0.15, -0.1) is 0 Å². The fraction of sp³-hybridized carbons (Fsp3) is 0.545. The molecule has 1 aromatic rings. The van der Waals surface area contributed by atoms with Gasteiger partial charge in [-0.05, 0) is 24.8 Å². The number of nitrogens with zero attached hydrogens (tertiary/aromatic N) is 1. The van der Waals surface area contributed by atoms with E-state index in [9.17, 15) is 0 Å². The van der Waals surface area contributed by atoms with Crippen LogP contribution in [0.15, 0.2) is 18.3 Å². The number of hydrogen-bond acceptors (Lipinski definition) is 4. The number of nitrogens with two attached hydrogens (primary N) is 1. The Balaban J connectivity index is 1.86. The van der Waals surface area contributed by atoms with Crippen LogP contribution < -0.4 is 16.0 Å². The highest BCUT2D eigenvalue weighted by Gasteiger charge is 2.15. The largest absolute Gasteiger partial charge is 0.493 e. The van der Waals surface area contributed by atoms with Crippen LogP contribution in [-0.4, -0.2) is 11.6 Å². The Morgan fingerprint density at radius 1 is 1.47 bits per heavy atom. The second-order valence-electron chi connectivity index (χ2n) is 3.98. The summed E-state index contributed by atoms with van der Waals surface area (Å²) in [4.78, 5) is 4.02. The summed E-state index contributed by atoms with van der Waals surface area (Å²) in [5.41, 5.74) is 2.50. The number of pyridine rings is 1. The number of nitrogens with one attached hydrogen (secondary N) is 1. The zero-order valence-electron chi connectivity index (χ0n) is 8.78. The van der Waals surface area contributed by atoms with Crippen LogP contribution in [0.1, 0.15) is 25.7 Å². The standard InChI is InChI=1S/C11H17N3O/c12-14-11-7-10(5-6-13-11)15-8-9-3-1-2-4-9/h5-7,9H,1-4,8,12H2,(H,13,14). The second kappa shape index (κ2) is 4.98. The third-order valence-corrected chi connectivity index (χ3v) is 2.84. The van der Waals surface area contributed by atoms with Gasteiger partial charge in [0.15, 0.2) is 0 Å². The molecule has 4 heteroatoms. The van der Waals surface area contributed by atoms with Crippen molar-refractivity contribution in [3.63, 3.8) is 0 Å². The first-order chi connectivity index (χ1) is 7.38. The molecule has 2 rings (SSSR count). The minimum absolute atomic E-state index is 0.638. The molecule has 1 aromatic heterocycles. The fourth-order valence-corrected chi connectivity index (χ4v) is 1.97. The van der Waals surface area contributed by atoms with E-state index in [-0.39, 0.29) is 0 Å². The summed E-state index contributed by atoms with van der Waals surface area (Å²) in [5.74, 6) is 7.47. The first-order valence-corrected chi connectivity index (χ1v) is 5.44. The first-order valence-electron chi connectivity index (χ1n) is 5.44. The van der Waals surface area contributed by atoms with Gasteiger partial charge in [0.25, 0.3) is 0 Å². The Kier molecular flexibility index (Phi) is 3.40. The molecule has 0 saturated heterocycles. The summed E-state index contributed by atoms with van der Waals surface area (Å²) in [6.45, 7) is 0.814. The van der Waals surface area contributed by atoms with Crippen molar-refractivity contribution in [1.82, 2.24) is 4.98 Å². The molecular formula is C11H17N3O. The molecule has 82 valence electrons. The van der Waals surface area contributed by atoms with Gasteiger partial charge in [0.2, 0.25) is 0 Å². The SMILES string of the molecule is NNc1cc(OCC2CCCC2)ccn1. The van der Waals surface area contributed by atoms with Crippen LogP contribution in [0.3, 0.4) is 0 Å². The first kappa shape index (κ1) is 10.2. The lowest BCUT2D eigenvalue weighted by Crippen LogP contribution is -2.10. The van der Waals surface area contributed by atoms with Crippen molar-refractivity contribution in [3.05, 3.63) is 18.3 Å². The van der Waals surface area contributed by atoms with Gasteiger partial charge in [0.1, 0.15) is 11.6 Å². The van der Waals surface area contributed by atoms with E-state index in [1.54, 1.807) is 6.20 Å². The monoisotopic (exact) mass is 207 g/mol. The van der Waals surface area contributed by atoms with Gasteiger partial charge >= 0.3 is 0 Å². The van der Waals surface area contributed by atoms with Crippen LogP contribution in [0.25, 0.3) is 0 Å². The zero-order valence-corrected chi connectivity index (χ0v) is 8.78. The van der Waals surface area contributed by atoms with Crippen LogP contribution >= 0.6 is 0 Å². The molecule has 0 amide bonds. The molecule has 1 heterocycles. The molecule has 1 fully saturated rings. The van der Waals surface area contributed by atoms with Crippen LogP contribution in [0.5, 0.6) is 5.75 Å². The van der Waals surface area contributed by atoms with Crippen molar-refractivity contribution in [2.75, 3.05) is 12.0 Å². The Bertz CT molecular complexity index is 310. The summed E-state index contributed by atoms with van der Waals surface area (Å²) < 4.78 is 5.70. The van der Waals surface area contributed by atoms with Crippen LogP contribution in [0.2, 0.25) is 0 Å². The zero-order chi connectivity index (χ0) is 10.5. The normalized spacial score (nSPS) is 16.6. The molecule has 3 N–H and O–H groups in total. The van der Waals surface area contributed by atoms with Gasteiger partial charge < -0.3 is 10.2 Å². The topological polar surface area (TPSA) is 60.2 Å². The number of aromatic nitrogens is 1. The van der Waals surface area contributed by atoms with E-state index >= 15 is 0 Å². The average Bonchev–Trinajstić information content (AvgIpc) is 2.79. The summed E-state index contributed by atoms with van der Waals surface area (Å²) in [6, 6.07) is 3.67. The minimum Gasteiger partial charge on any atom is -0.493 e. The molecule has 0 aromatic carbocycles. The Morgan fingerprint density at radius 2 is 2.27 bits per heavy atom. The van der Waals surface area contributed by atoms with Crippen LogP contribution in [0.4, 0.5) is 5.82 Å². The summed E-state index contributed by atoms with van der Waals surface area (Å²) in [6.07, 6.45) is 6.99. The van der Waals surface area contributed by atoms with Crippen molar-refractivity contribution in [3.8, 4) is 5.75 Å². The molecular weight excluding hydrogens is 190 g/mol. The summed E-state index contributed by atoms with van der Waals surface area (Å²) in [7, 11) is 0. The quantitative estimate of drug-likeness (QED) is 0.585. The fourth-order valence-electron chi connectivity index (χ4n) is 1.97. The molecule has 4 nitrogen and oxygen atoms in total. The molecule has 1 aliphatic rings. The molecule has 15 heavy (non-hydrogen) atoms. The Labute approximate surface area is 89.8 Å². The predicted octanol–water partition coefficient (Wildman–Crippen LogP) is 1.94. The summed E-state index contributed by atoms with van der Waals surface area (Å²) in [5, 5.41) is 0. The van der Waals surface area contributed by atoms with Crippen molar-refractivity contribution in [2.45, 2.75) is 25.7 Å². The lowest BCUT2D eigenvalue weighted by Gasteiger charge is -2.11. The van der Waals surface area contributed by atoms with E-state index < -0.39 is 0 Å². The van der Waals surface area contributed by atoms with E-state index in [1.807, 2.05) is 12.1 Å². The van der Waals surface area contributed by atoms with Gasteiger partial charge in [-0.2, -0.15) is 0 Å². The lowest BCUT2D eigenvalue weighted by molar-refractivity contribution is 0.252. The van der Waals surface area contributed by atoms with Crippen molar-refractivity contribution in [1.29, 1.82) is 0 Å². The van der Waals surface area contributed by atoms with E-state index in [4.69, 9.17) is 10.6 Å². The molecule has 1 saturated carbocycles. The lowest BCUT2D eigenvalue weighted by atomic mass is 10.1. The average molecular weight is 207 g/mol. The molecule has 0 aliphatic heterocycles. The van der Waals surface area contributed by atoms with Gasteiger partial charge in [-0.3, -0.25) is 0 Å².